The molecule has 1 atom stereocenters. The van der Waals surface area contributed by atoms with E-state index in [2.05, 4.69) is 20.5 Å². The van der Waals surface area contributed by atoms with E-state index < -0.39 is 5.97 Å². The van der Waals surface area contributed by atoms with Crippen LogP contribution in [-0.2, 0) is 0 Å². The summed E-state index contributed by atoms with van der Waals surface area (Å²) in [4.78, 5) is 14.4. The summed E-state index contributed by atoms with van der Waals surface area (Å²) in [7, 11) is 0. The first-order chi connectivity index (χ1) is 6.27. The van der Waals surface area contributed by atoms with Gasteiger partial charge in [0.1, 0.15) is 5.82 Å². The van der Waals surface area contributed by atoms with Gasteiger partial charge in [-0.05, 0) is 13.0 Å². The summed E-state index contributed by atoms with van der Waals surface area (Å²) in [6.45, 7) is 1.79. The molecule has 0 radical (unpaired) electrons. The Bertz CT molecular complexity index is 316. The van der Waals surface area contributed by atoms with Crippen LogP contribution in [0.3, 0.4) is 0 Å². The minimum atomic E-state index is -1.09. The smallest absolute Gasteiger partial charge is 0.375 e. The third-order valence-corrected chi connectivity index (χ3v) is 2.14. The van der Waals surface area contributed by atoms with Crippen LogP contribution in [0.1, 0.15) is 28.8 Å². The lowest BCUT2D eigenvalue weighted by Crippen LogP contribution is -2.09. The lowest BCUT2D eigenvalue weighted by atomic mass is 10.1. The van der Waals surface area contributed by atoms with E-state index in [0.29, 0.717) is 5.82 Å². The maximum absolute atomic E-state index is 10.5. The lowest BCUT2D eigenvalue weighted by Gasteiger charge is -2.00. The molecule has 0 spiro atoms. The molecule has 2 rings (SSSR count). The molecule has 6 heteroatoms. The third-order valence-electron chi connectivity index (χ3n) is 2.14. The van der Waals surface area contributed by atoms with Crippen molar-refractivity contribution in [2.24, 2.45) is 0 Å². The summed E-state index contributed by atoms with van der Waals surface area (Å²) in [6, 6.07) is 0. The normalized spacial score (nSPS) is 22.0. The minimum Gasteiger partial charge on any atom is -0.475 e. The number of carboxylic acid groups (broad SMARTS) is 1. The SMILES string of the molecule is O=C(O)c1n[nH]c([C@H]2CCNC2)n1. The van der Waals surface area contributed by atoms with Gasteiger partial charge in [0, 0.05) is 12.5 Å². The Kier molecular flexibility index (Phi) is 1.97. The predicted molar refractivity (Wildman–Crippen MR) is 43.6 cm³/mol. The molecule has 0 aliphatic carbocycles. The van der Waals surface area contributed by atoms with Gasteiger partial charge < -0.3 is 10.4 Å². The van der Waals surface area contributed by atoms with Crippen molar-refractivity contribution in [3.8, 4) is 0 Å². The molecule has 13 heavy (non-hydrogen) atoms. The molecular formula is C7H10N4O2. The van der Waals surface area contributed by atoms with Gasteiger partial charge in [0.15, 0.2) is 0 Å². The van der Waals surface area contributed by atoms with Crippen LogP contribution in [0.25, 0.3) is 0 Å². The number of carboxylic acids is 1. The number of aromatic amines is 1. The zero-order valence-corrected chi connectivity index (χ0v) is 6.95. The molecule has 3 N–H and O–H groups in total. The summed E-state index contributed by atoms with van der Waals surface area (Å²) in [5, 5.41) is 18.0. The fourth-order valence-electron chi connectivity index (χ4n) is 1.44. The van der Waals surface area contributed by atoms with Gasteiger partial charge in [0.2, 0.25) is 0 Å². The van der Waals surface area contributed by atoms with E-state index in [-0.39, 0.29) is 11.7 Å². The van der Waals surface area contributed by atoms with Crippen molar-refractivity contribution in [1.29, 1.82) is 0 Å². The molecule has 1 fully saturated rings. The van der Waals surface area contributed by atoms with Crippen LogP contribution in [0, 0.1) is 0 Å². The summed E-state index contributed by atoms with van der Waals surface area (Å²) in [5.74, 6) is -0.293. The van der Waals surface area contributed by atoms with Crippen molar-refractivity contribution in [3.63, 3.8) is 0 Å². The highest BCUT2D eigenvalue weighted by Crippen LogP contribution is 2.17. The van der Waals surface area contributed by atoms with Gasteiger partial charge in [-0.1, -0.05) is 0 Å². The second-order valence-corrected chi connectivity index (χ2v) is 3.04. The second-order valence-electron chi connectivity index (χ2n) is 3.04. The lowest BCUT2D eigenvalue weighted by molar-refractivity contribution is 0.0684. The molecule has 1 aromatic heterocycles. The van der Waals surface area contributed by atoms with Crippen LogP contribution in [0.4, 0.5) is 0 Å². The van der Waals surface area contributed by atoms with Gasteiger partial charge in [0.25, 0.3) is 5.82 Å². The molecule has 1 aromatic rings. The first-order valence-electron chi connectivity index (χ1n) is 4.13. The molecule has 0 aromatic carbocycles. The number of nitrogens with zero attached hydrogens (tertiary/aromatic N) is 2. The molecule has 0 saturated carbocycles. The Morgan fingerprint density at radius 1 is 1.62 bits per heavy atom. The van der Waals surface area contributed by atoms with Crippen molar-refractivity contribution >= 4 is 5.97 Å². The van der Waals surface area contributed by atoms with Crippen molar-refractivity contribution in [3.05, 3.63) is 11.6 Å². The molecular weight excluding hydrogens is 172 g/mol. The van der Waals surface area contributed by atoms with E-state index in [4.69, 9.17) is 5.11 Å². The number of hydrogen-bond acceptors (Lipinski definition) is 4. The highest BCUT2D eigenvalue weighted by Gasteiger charge is 2.21. The Morgan fingerprint density at radius 3 is 3.00 bits per heavy atom. The topological polar surface area (TPSA) is 90.9 Å². The maximum atomic E-state index is 10.5. The first kappa shape index (κ1) is 8.18. The van der Waals surface area contributed by atoms with E-state index in [9.17, 15) is 4.79 Å². The second kappa shape index (κ2) is 3.14. The maximum Gasteiger partial charge on any atom is 0.375 e. The first-order valence-corrected chi connectivity index (χ1v) is 4.13. The van der Waals surface area contributed by atoms with Gasteiger partial charge in [-0.2, -0.15) is 0 Å². The van der Waals surface area contributed by atoms with Crippen molar-refractivity contribution in [1.82, 2.24) is 20.5 Å². The molecule has 0 amide bonds. The Balaban J connectivity index is 2.16. The van der Waals surface area contributed by atoms with Crippen LogP contribution in [0.2, 0.25) is 0 Å². The van der Waals surface area contributed by atoms with Crippen LogP contribution in [0.15, 0.2) is 0 Å². The predicted octanol–water partition coefficient (Wildman–Crippen LogP) is -0.420. The average molecular weight is 182 g/mol. The minimum absolute atomic E-state index is 0.151. The van der Waals surface area contributed by atoms with Crippen molar-refractivity contribution < 1.29 is 9.90 Å². The number of hydrogen-bond donors (Lipinski definition) is 3. The molecule has 1 aliphatic heterocycles. The van der Waals surface area contributed by atoms with Crippen molar-refractivity contribution in [2.75, 3.05) is 13.1 Å². The van der Waals surface area contributed by atoms with Crippen LogP contribution in [-0.4, -0.2) is 39.3 Å². The fourth-order valence-corrected chi connectivity index (χ4v) is 1.44. The Morgan fingerprint density at radius 2 is 2.46 bits per heavy atom. The summed E-state index contributed by atoms with van der Waals surface area (Å²) in [5.41, 5.74) is 0. The Labute approximate surface area is 74.4 Å². The number of H-pyrrole nitrogens is 1. The monoisotopic (exact) mass is 182 g/mol. The van der Waals surface area contributed by atoms with Gasteiger partial charge in [-0.3, -0.25) is 5.10 Å². The zero-order chi connectivity index (χ0) is 9.26. The summed E-state index contributed by atoms with van der Waals surface area (Å²) in [6.07, 6.45) is 0.980. The van der Waals surface area contributed by atoms with Crippen LogP contribution >= 0.6 is 0 Å². The molecule has 0 unspecified atom stereocenters. The average Bonchev–Trinajstić information content (AvgIpc) is 2.75. The molecule has 0 bridgehead atoms. The number of aromatic carboxylic acids is 1. The zero-order valence-electron chi connectivity index (χ0n) is 6.95. The van der Waals surface area contributed by atoms with E-state index in [0.717, 1.165) is 19.5 Å². The summed E-state index contributed by atoms with van der Waals surface area (Å²) < 4.78 is 0. The van der Waals surface area contributed by atoms with Crippen LogP contribution < -0.4 is 5.32 Å². The van der Waals surface area contributed by atoms with Gasteiger partial charge >= 0.3 is 5.97 Å². The van der Waals surface area contributed by atoms with Gasteiger partial charge in [-0.25, -0.2) is 9.78 Å². The molecule has 6 nitrogen and oxygen atoms in total. The number of aromatic nitrogens is 3. The van der Waals surface area contributed by atoms with Crippen LogP contribution in [0.5, 0.6) is 0 Å². The number of rotatable bonds is 2. The summed E-state index contributed by atoms with van der Waals surface area (Å²) >= 11 is 0. The largest absolute Gasteiger partial charge is 0.475 e. The number of carbonyl (C=O) groups is 1. The highest BCUT2D eigenvalue weighted by atomic mass is 16.4. The van der Waals surface area contributed by atoms with Gasteiger partial charge in [0.05, 0.1) is 0 Å². The molecule has 70 valence electrons. The molecule has 1 aliphatic rings. The van der Waals surface area contributed by atoms with Crippen molar-refractivity contribution in [2.45, 2.75) is 12.3 Å². The van der Waals surface area contributed by atoms with E-state index in [1.807, 2.05) is 0 Å². The Hall–Kier alpha value is -1.43. The third kappa shape index (κ3) is 1.52. The van der Waals surface area contributed by atoms with Gasteiger partial charge in [-0.15, -0.1) is 5.10 Å². The van der Waals surface area contributed by atoms with E-state index in [1.165, 1.54) is 0 Å². The molecule has 2 heterocycles. The quantitative estimate of drug-likeness (QED) is 0.577. The standard InChI is InChI=1S/C7H10N4O2/c12-7(13)6-9-5(10-11-6)4-1-2-8-3-4/h4,8H,1-3H2,(H,12,13)(H,9,10,11)/t4-/m0/s1. The van der Waals surface area contributed by atoms with E-state index >= 15 is 0 Å². The molecule has 1 saturated heterocycles. The fraction of sp³-hybridized carbons (Fsp3) is 0.571. The van der Waals surface area contributed by atoms with E-state index in [1.54, 1.807) is 0 Å². The number of nitrogens with one attached hydrogen (secondary N) is 2. The highest BCUT2D eigenvalue weighted by molar-refractivity contribution is 5.82.